The third-order valence-corrected chi connectivity index (χ3v) is 9.98. The van der Waals surface area contributed by atoms with Gasteiger partial charge >= 0.3 is 0 Å². The third-order valence-electron chi connectivity index (χ3n) is 9.98. The number of nitrogens with zero attached hydrogens (tertiary/aromatic N) is 3. The molecule has 242 valence electrons. The van der Waals surface area contributed by atoms with Crippen molar-refractivity contribution < 1.29 is 0 Å². The monoisotopic (exact) mass is 653 g/mol. The molecule has 9 aromatic rings. The lowest BCUT2D eigenvalue weighted by atomic mass is 10.00. The van der Waals surface area contributed by atoms with Crippen LogP contribution in [0.3, 0.4) is 0 Å². The van der Waals surface area contributed by atoms with Crippen molar-refractivity contribution in [2.24, 2.45) is 0 Å². The van der Waals surface area contributed by atoms with Crippen molar-refractivity contribution in [3.63, 3.8) is 0 Å². The van der Waals surface area contributed by atoms with Gasteiger partial charge in [0.25, 0.3) is 0 Å². The summed E-state index contributed by atoms with van der Waals surface area (Å²) in [7, 11) is 0. The van der Waals surface area contributed by atoms with Gasteiger partial charge < -0.3 is 9.13 Å². The first-order valence-electron chi connectivity index (χ1n) is 17.3. The fraction of sp³-hybridized carbons (Fsp3) is 0.0208. The van der Waals surface area contributed by atoms with Crippen LogP contribution in [0.15, 0.2) is 183 Å². The highest BCUT2D eigenvalue weighted by Gasteiger charge is 2.20. The smallest absolute Gasteiger partial charge is 0.0963 e. The van der Waals surface area contributed by atoms with Crippen molar-refractivity contribution in [3.05, 3.63) is 194 Å². The van der Waals surface area contributed by atoms with E-state index in [9.17, 15) is 0 Å². The van der Waals surface area contributed by atoms with Crippen LogP contribution < -0.4 is 0 Å². The van der Waals surface area contributed by atoms with Gasteiger partial charge in [0, 0.05) is 39.6 Å². The topological polar surface area (TPSA) is 22.8 Å². The maximum absolute atomic E-state index is 4.92. The van der Waals surface area contributed by atoms with Crippen LogP contribution in [0.2, 0.25) is 0 Å². The van der Waals surface area contributed by atoms with Crippen molar-refractivity contribution in [2.45, 2.75) is 6.92 Å². The number of fused-ring (bicyclic) bond motifs is 4. The van der Waals surface area contributed by atoms with Gasteiger partial charge in [-0.1, -0.05) is 128 Å². The van der Waals surface area contributed by atoms with Crippen molar-refractivity contribution in [1.29, 1.82) is 0 Å². The number of pyridine rings is 1. The molecular weight excluding hydrogens is 619 g/mol. The molecule has 0 saturated carbocycles. The molecule has 0 bridgehead atoms. The Kier molecular flexibility index (Phi) is 7.52. The van der Waals surface area contributed by atoms with E-state index in [0.717, 1.165) is 44.6 Å². The van der Waals surface area contributed by atoms with Gasteiger partial charge in [-0.25, -0.2) is 0 Å². The van der Waals surface area contributed by atoms with Crippen molar-refractivity contribution in [2.75, 3.05) is 0 Å². The van der Waals surface area contributed by atoms with E-state index in [4.69, 9.17) is 4.98 Å². The van der Waals surface area contributed by atoms with Gasteiger partial charge in [0.05, 0.1) is 22.1 Å². The highest BCUT2D eigenvalue weighted by molar-refractivity contribution is 6.10. The molecule has 0 aliphatic rings. The minimum Gasteiger partial charge on any atom is -0.309 e. The first kappa shape index (κ1) is 30.4. The first-order chi connectivity index (χ1) is 25.2. The molecule has 3 nitrogen and oxygen atoms in total. The van der Waals surface area contributed by atoms with E-state index in [1.165, 1.54) is 44.3 Å². The van der Waals surface area contributed by atoms with Gasteiger partial charge in [0.15, 0.2) is 0 Å². The van der Waals surface area contributed by atoms with Gasteiger partial charge in [-0.3, -0.25) is 4.98 Å². The van der Waals surface area contributed by atoms with E-state index in [2.05, 4.69) is 180 Å². The number of para-hydroxylation sites is 1. The number of aryl methyl sites for hydroxylation is 1. The summed E-state index contributed by atoms with van der Waals surface area (Å²) < 4.78 is 4.73. The largest absolute Gasteiger partial charge is 0.309 e. The minimum absolute atomic E-state index is 0.992. The number of aromatic nitrogens is 3. The van der Waals surface area contributed by atoms with E-state index >= 15 is 0 Å². The summed E-state index contributed by atoms with van der Waals surface area (Å²) >= 11 is 0. The molecule has 6 aromatic carbocycles. The van der Waals surface area contributed by atoms with Crippen LogP contribution in [-0.2, 0) is 0 Å². The average molecular weight is 654 g/mol. The molecule has 3 heteroatoms. The number of benzene rings is 6. The standard InChI is InChI=1S/C48H35N3/c1-3-4-19-44-33(2)41-17-11-18-42(48(41)51(44)40-28-23-37(24-29-40)35-15-9-6-10-16-35)38-25-30-45-43(32-38)47-46(20-12-31-49-47)50(45)39-26-21-36(22-27-39)34-13-7-5-8-14-34/h3-32H,1H2,2H3/b19-4-. The molecule has 9 rings (SSSR count). The molecule has 0 aliphatic carbocycles. The van der Waals surface area contributed by atoms with Gasteiger partial charge in [-0.05, 0) is 94.9 Å². The molecule has 3 aromatic heterocycles. The Hall–Kier alpha value is -6.71. The summed E-state index contributed by atoms with van der Waals surface area (Å²) in [5.74, 6) is 0. The van der Waals surface area contributed by atoms with Crippen LogP contribution in [0.1, 0.15) is 11.3 Å². The summed E-state index contributed by atoms with van der Waals surface area (Å²) in [6.07, 6.45) is 7.92. The van der Waals surface area contributed by atoms with Gasteiger partial charge in [0.1, 0.15) is 0 Å². The second kappa shape index (κ2) is 12.6. The summed E-state index contributed by atoms with van der Waals surface area (Å²) in [5, 5.41) is 2.35. The first-order valence-corrected chi connectivity index (χ1v) is 17.3. The maximum Gasteiger partial charge on any atom is 0.0963 e. The Morgan fingerprint density at radius 2 is 1.14 bits per heavy atom. The highest BCUT2D eigenvalue weighted by atomic mass is 15.0. The second-order valence-electron chi connectivity index (χ2n) is 12.9. The molecule has 0 amide bonds. The Balaban J connectivity index is 1.22. The molecule has 0 saturated heterocycles. The molecule has 0 atom stereocenters. The van der Waals surface area contributed by atoms with E-state index < -0.39 is 0 Å². The lowest BCUT2D eigenvalue weighted by Gasteiger charge is -2.14. The van der Waals surface area contributed by atoms with Crippen molar-refractivity contribution >= 4 is 38.9 Å². The molecule has 0 aliphatic heterocycles. The summed E-state index contributed by atoms with van der Waals surface area (Å²) in [4.78, 5) is 4.92. The quantitative estimate of drug-likeness (QED) is 0.157. The highest BCUT2D eigenvalue weighted by Crippen LogP contribution is 2.40. The van der Waals surface area contributed by atoms with Crippen LogP contribution in [-0.4, -0.2) is 14.1 Å². The zero-order chi connectivity index (χ0) is 34.3. The van der Waals surface area contributed by atoms with Crippen LogP contribution in [0.25, 0.3) is 83.7 Å². The summed E-state index contributed by atoms with van der Waals surface area (Å²) in [6, 6.07) is 56.4. The Morgan fingerprint density at radius 1 is 0.529 bits per heavy atom. The van der Waals surface area contributed by atoms with Crippen LogP contribution in [0, 0.1) is 6.92 Å². The lowest BCUT2D eigenvalue weighted by molar-refractivity contribution is 1.10. The molecule has 51 heavy (non-hydrogen) atoms. The van der Waals surface area contributed by atoms with Gasteiger partial charge in [-0.15, -0.1) is 0 Å². The third kappa shape index (κ3) is 5.19. The molecule has 0 unspecified atom stereocenters. The van der Waals surface area contributed by atoms with Crippen molar-refractivity contribution in [1.82, 2.24) is 14.1 Å². The second-order valence-corrected chi connectivity index (χ2v) is 12.9. The molecule has 0 N–H and O–H groups in total. The number of hydrogen-bond acceptors (Lipinski definition) is 1. The number of hydrogen-bond donors (Lipinski definition) is 0. The molecule has 0 radical (unpaired) electrons. The lowest BCUT2D eigenvalue weighted by Crippen LogP contribution is -1.98. The van der Waals surface area contributed by atoms with E-state index in [1.54, 1.807) is 0 Å². The maximum atomic E-state index is 4.92. The van der Waals surface area contributed by atoms with E-state index in [1.807, 2.05) is 24.4 Å². The fourth-order valence-corrected chi connectivity index (χ4v) is 7.52. The zero-order valence-corrected chi connectivity index (χ0v) is 28.4. The van der Waals surface area contributed by atoms with Gasteiger partial charge in [-0.2, -0.15) is 0 Å². The normalized spacial score (nSPS) is 11.6. The molecule has 0 spiro atoms. The number of allylic oxidation sites excluding steroid dienone is 2. The van der Waals surface area contributed by atoms with Gasteiger partial charge in [0.2, 0.25) is 0 Å². The molecular formula is C48H35N3. The summed E-state index contributed by atoms with van der Waals surface area (Å²) in [5.41, 5.74) is 16.1. The predicted molar refractivity (Wildman–Crippen MR) is 216 cm³/mol. The predicted octanol–water partition coefficient (Wildman–Crippen LogP) is 12.6. The number of rotatable bonds is 7. The Morgan fingerprint density at radius 3 is 1.78 bits per heavy atom. The SMILES string of the molecule is C=C/C=C\c1c(C)c2cccc(-c3ccc4c(c3)c3ncccc3n4-c3ccc(-c4ccccc4)cc3)c2n1-c1ccc(-c2ccccc2)cc1. The Bertz CT molecular complexity index is 2730. The van der Waals surface area contributed by atoms with Crippen LogP contribution in [0.4, 0.5) is 0 Å². The van der Waals surface area contributed by atoms with Crippen LogP contribution >= 0.6 is 0 Å². The summed E-state index contributed by atoms with van der Waals surface area (Å²) in [6.45, 7) is 6.18. The van der Waals surface area contributed by atoms with E-state index in [0.29, 0.717) is 0 Å². The van der Waals surface area contributed by atoms with Crippen LogP contribution in [0.5, 0.6) is 0 Å². The van der Waals surface area contributed by atoms with Crippen molar-refractivity contribution in [3.8, 4) is 44.8 Å². The fourth-order valence-electron chi connectivity index (χ4n) is 7.52. The van der Waals surface area contributed by atoms with E-state index in [-0.39, 0.29) is 0 Å². The Labute approximate surface area is 297 Å². The zero-order valence-electron chi connectivity index (χ0n) is 28.4. The average Bonchev–Trinajstić information content (AvgIpc) is 3.68. The molecule has 3 heterocycles. The minimum atomic E-state index is 0.992. The molecule has 0 fully saturated rings.